The quantitative estimate of drug-likeness (QED) is 0.0734. The molecule has 51 heavy (non-hydrogen) atoms. The first-order valence-corrected chi connectivity index (χ1v) is 19.9. The van der Waals surface area contributed by atoms with Crippen molar-refractivity contribution in [2.75, 3.05) is 7.11 Å². The van der Waals surface area contributed by atoms with Crippen LogP contribution in [0.25, 0.3) is 28.3 Å². The number of carbonyl (C=O) groups excluding carboxylic acids is 3. The van der Waals surface area contributed by atoms with Crippen molar-refractivity contribution in [3.05, 3.63) is 114 Å². The molecule has 1 unspecified atom stereocenters. The second-order valence-corrected chi connectivity index (χ2v) is 19.1. The van der Waals surface area contributed by atoms with Crippen molar-refractivity contribution in [1.82, 2.24) is 4.57 Å². The van der Waals surface area contributed by atoms with Crippen LogP contribution in [0.5, 0.6) is 0 Å². The van der Waals surface area contributed by atoms with E-state index >= 15 is 0 Å². The van der Waals surface area contributed by atoms with Crippen LogP contribution in [0.4, 0.5) is 8.78 Å². The first kappa shape index (κ1) is 39.1. The molecule has 0 saturated heterocycles. The van der Waals surface area contributed by atoms with Crippen LogP contribution >= 0.6 is 0 Å². The lowest BCUT2D eigenvalue weighted by Gasteiger charge is -2.39. The molecule has 7 nitrogen and oxygen atoms in total. The Balaban J connectivity index is 1.89. The van der Waals surface area contributed by atoms with Gasteiger partial charge in [-0.1, -0.05) is 75.4 Å². The number of hydrogen-bond donors (Lipinski definition) is 0. The van der Waals surface area contributed by atoms with Crippen LogP contribution in [0.15, 0.2) is 84.9 Å². The number of methoxy groups -OCH3 is 1. The minimum absolute atomic E-state index is 0.0111. The molecule has 0 spiro atoms. The van der Waals surface area contributed by atoms with Crippen LogP contribution in [-0.2, 0) is 30.1 Å². The summed E-state index contributed by atoms with van der Waals surface area (Å²) in [5.41, 5.74) is 3.57. The minimum Gasteiger partial charge on any atom is -0.469 e. The maximum atomic E-state index is 14.2. The van der Waals surface area contributed by atoms with E-state index in [1.54, 1.807) is 34.9 Å². The molecule has 3 aromatic carbocycles. The first-order chi connectivity index (χ1) is 24.0. The van der Waals surface area contributed by atoms with Crippen molar-refractivity contribution in [2.45, 2.75) is 84.3 Å². The molecule has 0 aliphatic heterocycles. The number of aromatic nitrogens is 1. The number of nitrogens with zero attached hydrogens (tertiary/aromatic N) is 1. The highest BCUT2D eigenvalue weighted by Gasteiger charge is 2.40. The Labute approximate surface area is 300 Å². The van der Waals surface area contributed by atoms with Crippen molar-refractivity contribution in [2.24, 2.45) is 0 Å². The van der Waals surface area contributed by atoms with Gasteiger partial charge in [-0.05, 0) is 85.1 Å². The maximum Gasteiger partial charge on any atom is 0.355 e. The Morgan fingerprint density at radius 3 is 1.88 bits per heavy atom. The summed E-state index contributed by atoms with van der Waals surface area (Å²) >= 11 is 0. The van der Waals surface area contributed by atoms with E-state index in [2.05, 4.69) is 33.9 Å². The Kier molecular flexibility index (Phi) is 12.7. The fraction of sp³-hybridized carbons (Fsp3) is 0.341. The maximum absolute atomic E-state index is 14.2. The summed E-state index contributed by atoms with van der Waals surface area (Å²) in [6.07, 6.45) is 2.17. The van der Waals surface area contributed by atoms with Gasteiger partial charge in [-0.15, -0.1) is 0 Å². The smallest absolute Gasteiger partial charge is 0.355 e. The predicted octanol–water partition coefficient (Wildman–Crippen LogP) is 9.96. The zero-order chi connectivity index (χ0) is 37.5. The molecule has 0 bridgehead atoms. The van der Waals surface area contributed by atoms with E-state index in [0.29, 0.717) is 27.9 Å². The lowest BCUT2D eigenvalue weighted by molar-refractivity contribution is -0.142. The van der Waals surface area contributed by atoms with Crippen LogP contribution in [0.3, 0.4) is 0 Å². The third-order valence-electron chi connectivity index (χ3n) is 9.18. The lowest BCUT2D eigenvalue weighted by Crippen LogP contribution is -2.44. The Hall–Kier alpha value is -4.67. The number of benzene rings is 3. The summed E-state index contributed by atoms with van der Waals surface area (Å²) in [7, 11) is -1.07. The number of esters is 2. The van der Waals surface area contributed by atoms with Gasteiger partial charge < -0.3 is 18.5 Å². The first-order valence-electron chi connectivity index (χ1n) is 17.0. The molecular weight excluding hydrogens is 669 g/mol. The summed E-state index contributed by atoms with van der Waals surface area (Å²) in [4.78, 5) is 40.2. The van der Waals surface area contributed by atoms with E-state index in [4.69, 9.17) is 13.9 Å². The van der Waals surface area contributed by atoms with Crippen molar-refractivity contribution in [3.63, 3.8) is 0 Å². The van der Waals surface area contributed by atoms with Gasteiger partial charge in [0.05, 0.1) is 25.3 Å². The molecule has 270 valence electrons. The molecule has 0 fully saturated rings. The molecule has 0 aliphatic carbocycles. The fourth-order valence-electron chi connectivity index (χ4n) is 5.59. The molecule has 0 amide bonds. The van der Waals surface area contributed by atoms with Crippen molar-refractivity contribution in [1.29, 1.82) is 0 Å². The number of hydrogen-bond acceptors (Lipinski definition) is 6. The van der Waals surface area contributed by atoms with Crippen molar-refractivity contribution < 1.29 is 37.1 Å². The highest BCUT2D eigenvalue weighted by atomic mass is 28.4. The summed E-state index contributed by atoms with van der Waals surface area (Å²) in [6.45, 7) is 14.1. The van der Waals surface area contributed by atoms with Gasteiger partial charge in [-0.25, -0.2) is 13.6 Å². The molecule has 0 saturated carbocycles. The van der Waals surface area contributed by atoms with Crippen LogP contribution < -0.4 is 0 Å². The van der Waals surface area contributed by atoms with Gasteiger partial charge in [0.15, 0.2) is 14.1 Å². The van der Waals surface area contributed by atoms with Gasteiger partial charge in [0.1, 0.15) is 23.9 Å². The lowest BCUT2D eigenvalue weighted by atomic mass is 9.94. The average Bonchev–Trinajstić information content (AvgIpc) is 3.42. The molecule has 1 atom stereocenters. The zero-order valence-electron chi connectivity index (χ0n) is 30.6. The molecule has 10 heteroatoms. The Morgan fingerprint density at radius 2 is 1.37 bits per heavy atom. The van der Waals surface area contributed by atoms with Gasteiger partial charge in [0.2, 0.25) is 0 Å². The highest BCUT2D eigenvalue weighted by molar-refractivity contribution is 6.74. The monoisotopic (exact) mass is 715 g/mol. The van der Waals surface area contributed by atoms with E-state index < -0.39 is 38.0 Å². The molecule has 4 aromatic rings. The van der Waals surface area contributed by atoms with Crippen LogP contribution in [0.1, 0.15) is 75.2 Å². The Morgan fingerprint density at radius 1 is 0.824 bits per heavy atom. The van der Waals surface area contributed by atoms with Gasteiger partial charge in [-0.3, -0.25) is 9.59 Å². The molecule has 0 radical (unpaired) electrons. The number of carbonyl (C=O) groups is 3. The van der Waals surface area contributed by atoms with Crippen molar-refractivity contribution >= 4 is 32.1 Å². The molecule has 0 N–H and O–H groups in total. The van der Waals surface area contributed by atoms with E-state index in [-0.39, 0.29) is 42.0 Å². The normalized spacial score (nSPS) is 12.7. The SMILES string of the molecule is COC(=O)CC(CC(=O)/C=C/c1c(-c2ccc(F)cc2)c(-c2ccc(F)cc2)c(C(=O)OCc2ccccc2)n1C(C)C)O[Si](C)(C)C(C)(C)C. The van der Waals surface area contributed by atoms with Gasteiger partial charge in [-0.2, -0.15) is 0 Å². The number of halogens is 2. The van der Waals surface area contributed by atoms with Crippen molar-refractivity contribution in [3.8, 4) is 22.3 Å². The second kappa shape index (κ2) is 16.6. The van der Waals surface area contributed by atoms with Crippen LogP contribution in [0.2, 0.25) is 18.1 Å². The molecule has 0 aliphatic rings. The van der Waals surface area contributed by atoms with E-state index in [9.17, 15) is 23.2 Å². The summed E-state index contributed by atoms with van der Waals surface area (Å²) in [5, 5.41) is -0.162. The summed E-state index contributed by atoms with van der Waals surface area (Å²) < 4.78 is 47.5. The summed E-state index contributed by atoms with van der Waals surface area (Å²) in [6, 6.07) is 20.5. The second-order valence-electron chi connectivity index (χ2n) is 14.3. The average molecular weight is 716 g/mol. The highest BCUT2D eigenvalue weighted by Crippen LogP contribution is 2.43. The zero-order valence-corrected chi connectivity index (χ0v) is 31.6. The van der Waals surface area contributed by atoms with Gasteiger partial charge in [0.25, 0.3) is 0 Å². The molecule has 1 aromatic heterocycles. The largest absolute Gasteiger partial charge is 0.469 e. The number of ether oxygens (including phenoxy) is 2. The topological polar surface area (TPSA) is 83.8 Å². The standard InChI is InChI=1S/C41H47F2NO6Si/c1-27(2)44-35(23-22-33(45)24-34(25-36(46)48-6)50-51(7,8)41(3,4)5)37(29-14-18-31(42)19-15-29)38(30-16-20-32(43)21-17-30)39(44)40(47)49-26-28-12-10-9-11-13-28/h9-23,27,34H,24-26H2,1-8H3/b23-22+. The third-order valence-corrected chi connectivity index (χ3v) is 13.7. The fourth-order valence-corrected chi connectivity index (χ4v) is 6.94. The van der Waals surface area contributed by atoms with E-state index in [1.165, 1.54) is 37.5 Å². The number of ketones is 1. The van der Waals surface area contributed by atoms with Gasteiger partial charge >= 0.3 is 11.9 Å². The van der Waals surface area contributed by atoms with Crippen LogP contribution in [0, 0.1) is 11.6 Å². The minimum atomic E-state index is -2.37. The third kappa shape index (κ3) is 9.77. The predicted molar refractivity (Wildman–Crippen MR) is 199 cm³/mol. The van der Waals surface area contributed by atoms with E-state index in [1.807, 2.05) is 44.2 Å². The molecule has 1 heterocycles. The van der Waals surface area contributed by atoms with Crippen LogP contribution in [-0.4, -0.2) is 43.8 Å². The van der Waals surface area contributed by atoms with Gasteiger partial charge in [0, 0.05) is 23.6 Å². The number of allylic oxidation sites excluding steroid dienone is 1. The number of rotatable bonds is 14. The summed E-state index contributed by atoms with van der Waals surface area (Å²) in [5.74, 6) is -2.31. The van der Waals surface area contributed by atoms with E-state index in [0.717, 1.165) is 5.56 Å². The Bertz CT molecular complexity index is 1860. The molecular formula is C41H47F2NO6Si. The molecule has 4 rings (SSSR count).